The lowest BCUT2D eigenvalue weighted by Crippen LogP contribution is -2.22. The van der Waals surface area contributed by atoms with Crippen LogP contribution in [0.4, 0.5) is 5.69 Å². The van der Waals surface area contributed by atoms with Crippen molar-refractivity contribution in [3.63, 3.8) is 0 Å². The van der Waals surface area contributed by atoms with Crippen LogP contribution in [0.25, 0.3) is 0 Å². The first-order valence-corrected chi connectivity index (χ1v) is 12.2. The molecule has 180 valence electrons. The van der Waals surface area contributed by atoms with Crippen LogP contribution in [-0.2, 0) is 10.1 Å². The number of anilines is 1. The highest BCUT2D eigenvalue weighted by Crippen LogP contribution is 2.42. The van der Waals surface area contributed by atoms with Gasteiger partial charge in [-0.2, -0.15) is 8.42 Å². The zero-order valence-electron chi connectivity index (χ0n) is 18.9. The molecule has 3 N–H and O–H groups in total. The summed E-state index contributed by atoms with van der Waals surface area (Å²) in [4.78, 5) is 25.9. The number of ketones is 2. The normalized spacial score (nSPS) is 12.6. The molecule has 0 heterocycles. The van der Waals surface area contributed by atoms with E-state index in [2.05, 4.69) is 0 Å². The number of carbonyl (C=O) groups excluding carboxylic acids is 2. The molecule has 0 saturated heterocycles. The van der Waals surface area contributed by atoms with Crippen LogP contribution in [-0.4, -0.2) is 25.1 Å². The van der Waals surface area contributed by atoms with E-state index < -0.39 is 27.4 Å². The lowest BCUT2D eigenvalue weighted by Gasteiger charge is -2.21. The second kappa shape index (κ2) is 8.54. The van der Waals surface area contributed by atoms with Crippen molar-refractivity contribution in [2.45, 2.75) is 11.8 Å². The highest BCUT2D eigenvalue weighted by Gasteiger charge is 2.35. The Morgan fingerprint density at radius 3 is 2.00 bits per heavy atom. The predicted molar refractivity (Wildman–Crippen MR) is 131 cm³/mol. The summed E-state index contributed by atoms with van der Waals surface area (Å²) in [7, 11) is -4.10. The number of aromatic hydroxyl groups is 1. The molecule has 4 aromatic rings. The monoisotopic (exact) mass is 501 g/mol. The minimum absolute atomic E-state index is 0.0569. The molecular formula is C27H19NO7S. The molecule has 36 heavy (non-hydrogen) atoms. The van der Waals surface area contributed by atoms with E-state index in [1.54, 1.807) is 43.3 Å². The van der Waals surface area contributed by atoms with Gasteiger partial charge < -0.3 is 19.8 Å². The average Bonchev–Trinajstić information content (AvgIpc) is 2.86. The Labute approximate surface area is 206 Å². The molecule has 0 saturated carbocycles. The highest BCUT2D eigenvalue weighted by atomic mass is 32.2. The summed E-state index contributed by atoms with van der Waals surface area (Å²) in [6, 6.07) is 19.5. The van der Waals surface area contributed by atoms with E-state index in [4.69, 9.17) is 14.7 Å². The van der Waals surface area contributed by atoms with E-state index in [-0.39, 0.29) is 50.1 Å². The summed E-state index contributed by atoms with van der Waals surface area (Å²) < 4.78 is 36.3. The SMILES string of the molecule is Cc1ccccc1OS(=O)(=O)c1ccc(Oc2cc(O)c3c(c2N)C(=O)c2ccccc2C3=O)cc1. The summed E-state index contributed by atoms with van der Waals surface area (Å²) in [5.74, 6) is -1.12. The number of nitrogens with two attached hydrogens (primary N) is 1. The number of carbonyl (C=O) groups is 2. The molecule has 1 aliphatic carbocycles. The maximum atomic E-state index is 13.1. The third-order valence-electron chi connectivity index (χ3n) is 5.81. The number of rotatable bonds is 5. The molecule has 9 heteroatoms. The van der Waals surface area contributed by atoms with Gasteiger partial charge >= 0.3 is 10.1 Å². The minimum Gasteiger partial charge on any atom is -0.507 e. The van der Waals surface area contributed by atoms with Crippen molar-refractivity contribution in [1.82, 2.24) is 0 Å². The molecule has 1 aliphatic rings. The number of hydrogen-bond acceptors (Lipinski definition) is 8. The highest BCUT2D eigenvalue weighted by molar-refractivity contribution is 7.87. The average molecular weight is 502 g/mol. The van der Waals surface area contributed by atoms with Gasteiger partial charge in [0, 0.05) is 17.2 Å². The molecule has 0 unspecified atom stereocenters. The number of phenols is 1. The summed E-state index contributed by atoms with van der Waals surface area (Å²) in [6.07, 6.45) is 0. The van der Waals surface area contributed by atoms with Crippen molar-refractivity contribution in [3.05, 3.63) is 107 Å². The number of aryl methyl sites for hydroxylation is 1. The van der Waals surface area contributed by atoms with Crippen LogP contribution in [0.1, 0.15) is 37.4 Å². The van der Waals surface area contributed by atoms with E-state index >= 15 is 0 Å². The van der Waals surface area contributed by atoms with Crippen molar-refractivity contribution in [2.75, 3.05) is 5.73 Å². The van der Waals surface area contributed by atoms with Gasteiger partial charge in [0.15, 0.2) is 17.3 Å². The maximum Gasteiger partial charge on any atom is 0.339 e. The van der Waals surface area contributed by atoms with Gasteiger partial charge in [-0.15, -0.1) is 0 Å². The van der Waals surface area contributed by atoms with E-state index in [1.807, 2.05) is 0 Å². The number of ether oxygens (including phenoxy) is 1. The van der Waals surface area contributed by atoms with E-state index in [0.717, 1.165) is 6.07 Å². The maximum absolute atomic E-state index is 13.1. The number of benzene rings is 4. The molecule has 0 atom stereocenters. The fourth-order valence-electron chi connectivity index (χ4n) is 3.98. The fourth-order valence-corrected chi connectivity index (χ4v) is 4.97. The Kier molecular flexibility index (Phi) is 5.49. The van der Waals surface area contributed by atoms with Crippen LogP contribution in [0.3, 0.4) is 0 Å². The van der Waals surface area contributed by atoms with Gasteiger partial charge in [-0.3, -0.25) is 9.59 Å². The van der Waals surface area contributed by atoms with Crippen molar-refractivity contribution in [1.29, 1.82) is 0 Å². The molecule has 0 fully saturated rings. The first kappa shape index (κ1) is 23.1. The molecule has 0 aromatic heterocycles. The van der Waals surface area contributed by atoms with Gasteiger partial charge in [-0.1, -0.05) is 42.5 Å². The third kappa shape index (κ3) is 3.85. The van der Waals surface area contributed by atoms with Gasteiger partial charge in [0.2, 0.25) is 0 Å². The number of phenolic OH excluding ortho intramolecular Hbond substituents is 1. The van der Waals surface area contributed by atoms with Crippen molar-refractivity contribution < 1.29 is 32.0 Å². The van der Waals surface area contributed by atoms with Crippen LogP contribution in [0.5, 0.6) is 23.0 Å². The molecule has 4 aromatic carbocycles. The molecule has 0 aliphatic heterocycles. The van der Waals surface area contributed by atoms with Crippen molar-refractivity contribution >= 4 is 27.4 Å². The Hall–Kier alpha value is -4.63. The Morgan fingerprint density at radius 2 is 1.36 bits per heavy atom. The lowest BCUT2D eigenvalue weighted by atomic mass is 9.82. The third-order valence-corrected chi connectivity index (χ3v) is 7.06. The Balaban J connectivity index is 1.45. The zero-order chi connectivity index (χ0) is 25.6. The second-order valence-electron chi connectivity index (χ2n) is 8.14. The Bertz CT molecular complexity index is 1660. The predicted octanol–water partition coefficient (Wildman–Crippen LogP) is 4.62. The molecular weight excluding hydrogens is 482 g/mol. The summed E-state index contributed by atoms with van der Waals surface area (Å²) in [5, 5.41) is 10.6. The first-order chi connectivity index (χ1) is 17.2. The largest absolute Gasteiger partial charge is 0.507 e. The number of nitrogen functional groups attached to an aromatic ring is 1. The van der Waals surface area contributed by atoms with E-state index in [9.17, 15) is 23.1 Å². The van der Waals surface area contributed by atoms with E-state index in [0.29, 0.717) is 5.56 Å². The van der Waals surface area contributed by atoms with Gasteiger partial charge in [0.25, 0.3) is 0 Å². The summed E-state index contributed by atoms with van der Waals surface area (Å²) in [5.41, 5.74) is 6.80. The van der Waals surface area contributed by atoms with Gasteiger partial charge in [-0.05, 0) is 42.8 Å². The number of para-hydroxylation sites is 1. The van der Waals surface area contributed by atoms with E-state index in [1.165, 1.54) is 36.4 Å². The van der Waals surface area contributed by atoms with Gasteiger partial charge in [-0.25, -0.2) is 0 Å². The minimum atomic E-state index is -4.10. The molecule has 0 radical (unpaired) electrons. The standard InChI is InChI=1S/C27H19NO7S/c1-15-6-2-5-9-21(15)35-36(32,33)17-12-10-16(11-13-17)34-22-14-20(29)23-24(25(22)28)27(31)19-8-4-3-7-18(19)26(23)30/h2-14,29H,28H2,1H3. The van der Waals surface area contributed by atoms with Crippen LogP contribution in [0.15, 0.2) is 83.8 Å². The second-order valence-corrected chi connectivity index (χ2v) is 9.68. The van der Waals surface area contributed by atoms with Gasteiger partial charge in [0.1, 0.15) is 22.1 Å². The van der Waals surface area contributed by atoms with Crippen LogP contribution < -0.4 is 14.7 Å². The first-order valence-electron chi connectivity index (χ1n) is 10.8. The Morgan fingerprint density at radius 1 is 0.778 bits per heavy atom. The smallest absolute Gasteiger partial charge is 0.339 e. The quantitative estimate of drug-likeness (QED) is 0.203. The molecule has 0 spiro atoms. The molecule has 0 bridgehead atoms. The van der Waals surface area contributed by atoms with Crippen LogP contribution >= 0.6 is 0 Å². The number of hydrogen-bond donors (Lipinski definition) is 2. The lowest BCUT2D eigenvalue weighted by molar-refractivity contribution is 0.0977. The van der Waals surface area contributed by atoms with Crippen LogP contribution in [0.2, 0.25) is 0 Å². The zero-order valence-corrected chi connectivity index (χ0v) is 19.7. The van der Waals surface area contributed by atoms with Crippen molar-refractivity contribution in [3.8, 4) is 23.0 Å². The molecule has 8 nitrogen and oxygen atoms in total. The molecule has 0 amide bonds. The fraction of sp³-hybridized carbons (Fsp3) is 0.0370. The summed E-state index contributed by atoms with van der Waals surface area (Å²) in [6.45, 7) is 1.73. The van der Waals surface area contributed by atoms with Crippen LogP contribution in [0, 0.1) is 6.92 Å². The number of fused-ring (bicyclic) bond motifs is 2. The van der Waals surface area contributed by atoms with Crippen molar-refractivity contribution in [2.24, 2.45) is 0 Å². The topological polar surface area (TPSA) is 133 Å². The molecule has 5 rings (SSSR count). The summed E-state index contributed by atoms with van der Waals surface area (Å²) >= 11 is 0. The van der Waals surface area contributed by atoms with Gasteiger partial charge in [0.05, 0.1) is 16.8 Å².